The van der Waals surface area contributed by atoms with E-state index in [-0.39, 0.29) is 18.4 Å². The van der Waals surface area contributed by atoms with Gasteiger partial charge in [0.25, 0.3) is 0 Å². The molecule has 0 saturated heterocycles. The predicted molar refractivity (Wildman–Crippen MR) is 93.4 cm³/mol. The highest BCUT2D eigenvalue weighted by atomic mass is 16.5. The number of carbonyl (C=O) groups is 2. The zero-order valence-corrected chi connectivity index (χ0v) is 13.6. The lowest BCUT2D eigenvalue weighted by Gasteiger charge is -2.18. The second kappa shape index (κ2) is 7.17. The van der Waals surface area contributed by atoms with Gasteiger partial charge < -0.3 is 15.0 Å². The quantitative estimate of drug-likeness (QED) is 0.859. The summed E-state index contributed by atoms with van der Waals surface area (Å²) in [6, 6.07) is 14.9. The van der Waals surface area contributed by atoms with E-state index in [2.05, 4.69) is 11.4 Å². The molecule has 24 heavy (non-hydrogen) atoms. The van der Waals surface area contributed by atoms with E-state index in [0.717, 1.165) is 24.3 Å². The Morgan fingerprint density at radius 2 is 1.88 bits per heavy atom. The third kappa shape index (κ3) is 3.40. The highest BCUT2D eigenvalue weighted by Gasteiger charge is 2.23. The van der Waals surface area contributed by atoms with Crippen LogP contribution in [0.15, 0.2) is 48.5 Å². The van der Waals surface area contributed by atoms with Gasteiger partial charge in [-0.15, -0.1) is 0 Å². The number of esters is 1. The molecule has 0 aromatic heterocycles. The fourth-order valence-corrected chi connectivity index (χ4v) is 2.81. The average Bonchev–Trinajstić information content (AvgIpc) is 3.04. The summed E-state index contributed by atoms with van der Waals surface area (Å²) in [5.41, 5.74) is 3.51. The molecule has 1 aliphatic heterocycles. The largest absolute Gasteiger partial charge is 0.462 e. The maximum Gasteiger partial charge on any atom is 0.338 e. The summed E-state index contributed by atoms with van der Waals surface area (Å²) in [7, 11) is 0. The van der Waals surface area contributed by atoms with Gasteiger partial charge in [-0.1, -0.05) is 18.2 Å². The molecule has 0 radical (unpaired) electrons. The van der Waals surface area contributed by atoms with Crippen LogP contribution in [0.25, 0.3) is 0 Å². The summed E-state index contributed by atoms with van der Waals surface area (Å²) >= 11 is 0. The van der Waals surface area contributed by atoms with Crippen LogP contribution < -0.4 is 10.2 Å². The first kappa shape index (κ1) is 16.1. The number of benzene rings is 2. The molecule has 0 unspecified atom stereocenters. The van der Waals surface area contributed by atoms with Gasteiger partial charge in [-0.05, 0) is 49.2 Å². The van der Waals surface area contributed by atoms with Crippen molar-refractivity contribution in [2.24, 2.45) is 0 Å². The highest BCUT2D eigenvalue weighted by Crippen LogP contribution is 2.27. The maximum absolute atomic E-state index is 12.4. The van der Waals surface area contributed by atoms with Gasteiger partial charge in [0.2, 0.25) is 5.91 Å². The second-order valence-corrected chi connectivity index (χ2v) is 5.58. The fourth-order valence-electron chi connectivity index (χ4n) is 2.81. The van der Waals surface area contributed by atoms with Crippen LogP contribution in [0, 0.1) is 0 Å². The normalized spacial score (nSPS) is 12.6. The lowest BCUT2D eigenvalue weighted by Crippen LogP contribution is -2.34. The third-order valence-corrected chi connectivity index (χ3v) is 4.03. The molecule has 5 heteroatoms. The number of anilines is 2. The van der Waals surface area contributed by atoms with Crippen molar-refractivity contribution in [1.82, 2.24) is 0 Å². The molecule has 0 bridgehead atoms. The number of fused-ring (bicyclic) bond motifs is 1. The molecule has 1 N–H and O–H groups in total. The molecule has 0 atom stereocenters. The Morgan fingerprint density at radius 3 is 2.62 bits per heavy atom. The third-order valence-electron chi connectivity index (χ3n) is 4.03. The number of hydrogen-bond acceptors (Lipinski definition) is 4. The van der Waals surface area contributed by atoms with Gasteiger partial charge in [0.15, 0.2) is 0 Å². The summed E-state index contributed by atoms with van der Waals surface area (Å²) in [6.07, 6.45) is 0.899. The van der Waals surface area contributed by atoms with Gasteiger partial charge in [0, 0.05) is 17.9 Å². The van der Waals surface area contributed by atoms with Crippen molar-refractivity contribution in [3.8, 4) is 0 Å². The number of carbonyl (C=O) groups excluding carboxylic acids is 2. The standard InChI is InChI=1S/C19H20N2O3/c1-2-24-19(23)15-7-9-16(10-8-15)20-13-18(22)21-12-11-14-5-3-4-6-17(14)21/h3-10,20H,2,11-13H2,1H3. The van der Waals surface area contributed by atoms with E-state index in [1.165, 1.54) is 5.56 Å². The van der Waals surface area contributed by atoms with Crippen LogP contribution in [-0.2, 0) is 16.0 Å². The van der Waals surface area contributed by atoms with Gasteiger partial charge in [0.05, 0.1) is 18.7 Å². The number of para-hydroxylation sites is 1. The Balaban J connectivity index is 1.58. The fraction of sp³-hybridized carbons (Fsp3) is 0.263. The Bertz CT molecular complexity index is 741. The molecule has 3 rings (SSSR count). The minimum atomic E-state index is -0.339. The van der Waals surface area contributed by atoms with Crippen molar-refractivity contribution >= 4 is 23.3 Å². The first-order valence-electron chi connectivity index (χ1n) is 8.08. The molecular weight excluding hydrogens is 304 g/mol. The molecule has 1 heterocycles. The molecule has 0 fully saturated rings. The van der Waals surface area contributed by atoms with Gasteiger partial charge >= 0.3 is 5.97 Å². The van der Waals surface area contributed by atoms with Crippen LogP contribution in [0.5, 0.6) is 0 Å². The summed E-state index contributed by atoms with van der Waals surface area (Å²) in [6.45, 7) is 3.06. The number of rotatable bonds is 5. The summed E-state index contributed by atoms with van der Waals surface area (Å²) in [4.78, 5) is 25.9. The van der Waals surface area contributed by atoms with E-state index < -0.39 is 0 Å². The molecule has 0 spiro atoms. The molecule has 0 aliphatic carbocycles. The predicted octanol–water partition coefficient (Wildman–Crippen LogP) is 2.86. The van der Waals surface area contributed by atoms with Crippen molar-refractivity contribution in [1.29, 1.82) is 0 Å². The maximum atomic E-state index is 12.4. The van der Waals surface area contributed by atoms with Crippen molar-refractivity contribution in [3.05, 3.63) is 59.7 Å². The van der Waals surface area contributed by atoms with Crippen LogP contribution in [-0.4, -0.2) is 31.6 Å². The lowest BCUT2D eigenvalue weighted by atomic mass is 10.2. The van der Waals surface area contributed by atoms with Crippen LogP contribution >= 0.6 is 0 Å². The lowest BCUT2D eigenvalue weighted by molar-refractivity contribution is -0.116. The van der Waals surface area contributed by atoms with Crippen LogP contribution in [0.2, 0.25) is 0 Å². The zero-order chi connectivity index (χ0) is 16.9. The number of nitrogens with zero attached hydrogens (tertiary/aromatic N) is 1. The Kier molecular flexibility index (Phi) is 4.79. The Labute approximate surface area is 141 Å². The molecule has 2 aromatic rings. The van der Waals surface area contributed by atoms with Gasteiger partial charge in [-0.25, -0.2) is 4.79 Å². The van der Waals surface area contributed by atoms with Crippen LogP contribution in [0.3, 0.4) is 0 Å². The number of hydrogen-bond donors (Lipinski definition) is 1. The molecule has 5 nitrogen and oxygen atoms in total. The zero-order valence-electron chi connectivity index (χ0n) is 13.6. The van der Waals surface area contributed by atoms with Gasteiger partial charge in [-0.3, -0.25) is 4.79 Å². The molecule has 1 aliphatic rings. The van der Waals surface area contributed by atoms with Crippen LogP contribution in [0.4, 0.5) is 11.4 Å². The SMILES string of the molecule is CCOC(=O)c1ccc(NCC(=O)N2CCc3ccccc32)cc1. The van der Waals surface area contributed by atoms with E-state index in [1.54, 1.807) is 31.2 Å². The van der Waals surface area contributed by atoms with Crippen LogP contribution in [0.1, 0.15) is 22.8 Å². The van der Waals surface area contributed by atoms with Gasteiger partial charge in [-0.2, -0.15) is 0 Å². The average molecular weight is 324 g/mol. The van der Waals surface area contributed by atoms with E-state index in [4.69, 9.17) is 4.74 Å². The summed E-state index contributed by atoms with van der Waals surface area (Å²) in [5, 5.41) is 3.11. The minimum absolute atomic E-state index is 0.0365. The first-order chi connectivity index (χ1) is 11.7. The van der Waals surface area contributed by atoms with Crippen molar-refractivity contribution < 1.29 is 14.3 Å². The first-order valence-corrected chi connectivity index (χ1v) is 8.08. The summed E-state index contributed by atoms with van der Waals surface area (Å²) < 4.78 is 4.95. The Hall–Kier alpha value is -2.82. The monoisotopic (exact) mass is 324 g/mol. The molecular formula is C19H20N2O3. The Morgan fingerprint density at radius 1 is 1.12 bits per heavy atom. The highest BCUT2D eigenvalue weighted by molar-refractivity contribution is 5.98. The van der Waals surface area contributed by atoms with E-state index in [0.29, 0.717) is 12.2 Å². The minimum Gasteiger partial charge on any atom is -0.462 e. The van der Waals surface area contributed by atoms with Crippen molar-refractivity contribution in [2.75, 3.05) is 29.9 Å². The molecule has 0 saturated carbocycles. The summed E-state index contributed by atoms with van der Waals surface area (Å²) in [5.74, 6) is -0.303. The van der Waals surface area contributed by atoms with Crippen molar-refractivity contribution in [3.63, 3.8) is 0 Å². The topological polar surface area (TPSA) is 58.6 Å². The van der Waals surface area contributed by atoms with E-state index >= 15 is 0 Å². The molecule has 1 amide bonds. The van der Waals surface area contributed by atoms with E-state index in [1.807, 2.05) is 23.1 Å². The van der Waals surface area contributed by atoms with Crippen molar-refractivity contribution in [2.45, 2.75) is 13.3 Å². The van der Waals surface area contributed by atoms with Gasteiger partial charge in [0.1, 0.15) is 0 Å². The van der Waals surface area contributed by atoms with E-state index in [9.17, 15) is 9.59 Å². The number of amides is 1. The molecule has 124 valence electrons. The number of nitrogens with one attached hydrogen (secondary N) is 1. The number of ether oxygens (including phenoxy) is 1. The second-order valence-electron chi connectivity index (χ2n) is 5.58. The molecule has 2 aromatic carbocycles. The smallest absolute Gasteiger partial charge is 0.338 e.